The van der Waals surface area contributed by atoms with Gasteiger partial charge >= 0.3 is 0 Å². The number of nitrogens with zero attached hydrogens (tertiary/aromatic N) is 3. The first-order valence-electron chi connectivity index (χ1n) is 7.91. The summed E-state index contributed by atoms with van der Waals surface area (Å²) in [4.78, 5) is 31.0. The summed E-state index contributed by atoms with van der Waals surface area (Å²) in [5.41, 5.74) is 2.52. The fourth-order valence-electron chi connectivity index (χ4n) is 3.38. The van der Waals surface area contributed by atoms with Crippen LogP contribution < -0.4 is 10.1 Å². The molecule has 2 amide bonds. The maximum absolute atomic E-state index is 13.1. The lowest BCUT2D eigenvalue weighted by Crippen LogP contribution is -2.42. The average molecular weight is 326 g/mol. The van der Waals surface area contributed by atoms with Gasteiger partial charge in [-0.3, -0.25) is 9.59 Å². The van der Waals surface area contributed by atoms with Gasteiger partial charge in [-0.1, -0.05) is 0 Å². The van der Waals surface area contributed by atoms with E-state index in [-0.39, 0.29) is 18.2 Å². The van der Waals surface area contributed by atoms with Gasteiger partial charge in [0.2, 0.25) is 11.8 Å². The molecule has 1 aromatic carbocycles. The predicted octanol–water partition coefficient (Wildman–Crippen LogP) is 1.36. The number of methoxy groups -OCH3 is 1. The van der Waals surface area contributed by atoms with E-state index in [1.54, 1.807) is 31.8 Å². The Hall–Kier alpha value is -2.83. The number of anilines is 1. The van der Waals surface area contributed by atoms with Gasteiger partial charge in [0.15, 0.2) is 0 Å². The molecule has 0 fully saturated rings. The summed E-state index contributed by atoms with van der Waals surface area (Å²) in [6, 6.07) is 5.41. The van der Waals surface area contributed by atoms with Crippen LogP contribution >= 0.6 is 0 Å². The minimum absolute atomic E-state index is 0.0215. The van der Waals surface area contributed by atoms with Gasteiger partial charge in [-0.25, -0.2) is 4.98 Å². The molecule has 1 atom stereocenters. The molecule has 1 aromatic heterocycles. The number of imidazole rings is 1. The highest BCUT2D eigenvalue weighted by Crippen LogP contribution is 2.36. The lowest BCUT2D eigenvalue weighted by atomic mass is 9.89. The fraction of sp³-hybridized carbons (Fsp3) is 0.353. The molecule has 1 N–H and O–H groups in total. The molecule has 1 unspecified atom stereocenters. The van der Waals surface area contributed by atoms with Crippen molar-refractivity contribution in [3.05, 3.63) is 42.0 Å². The minimum atomic E-state index is -0.474. The van der Waals surface area contributed by atoms with E-state index in [1.807, 2.05) is 15.5 Å². The summed E-state index contributed by atoms with van der Waals surface area (Å²) in [5, 5.41) is 2.83. The normalized spacial score (nSPS) is 19.3. The van der Waals surface area contributed by atoms with E-state index in [0.717, 1.165) is 17.8 Å². The van der Waals surface area contributed by atoms with Crippen LogP contribution in [0.1, 0.15) is 23.6 Å². The zero-order valence-electron chi connectivity index (χ0n) is 13.4. The Labute approximate surface area is 139 Å². The second-order valence-corrected chi connectivity index (χ2v) is 6.10. The zero-order chi connectivity index (χ0) is 16.7. The molecule has 2 aliphatic rings. The first-order valence-corrected chi connectivity index (χ1v) is 7.91. The molecule has 0 bridgehead atoms. The van der Waals surface area contributed by atoms with Crippen molar-refractivity contribution < 1.29 is 14.3 Å². The van der Waals surface area contributed by atoms with Crippen LogP contribution in [0.25, 0.3) is 0 Å². The molecule has 0 aliphatic carbocycles. The molecule has 0 saturated carbocycles. The molecule has 124 valence electrons. The van der Waals surface area contributed by atoms with E-state index in [9.17, 15) is 9.59 Å². The van der Waals surface area contributed by atoms with Gasteiger partial charge in [-0.15, -0.1) is 0 Å². The number of benzene rings is 1. The van der Waals surface area contributed by atoms with Crippen molar-refractivity contribution in [3.8, 4) is 5.75 Å². The summed E-state index contributed by atoms with van der Waals surface area (Å²) in [5.74, 6) is 0.0533. The van der Waals surface area contributed by atoms with Crippen LogP contribution in [0.2, 0.25) is 0 Å². The largest absolute Gasteiger partial charge is 0.497 e. The summed E-state index contributed by atoms with van der Waals surface area (Å²) >= 11 is 0. The molecule has 2 aromatic rings. The summed E-state index contributed by atoms with van der Waals surface area (Å²) < 4.78 is 7.32. The smallest absolute Gasteiger partial charge is 0.231 e. The highest BCUT2D eigenvalue weighted by Gasteiger charge is 2.35. The van der Waals surface area contributed by atoms with Gasteiger partial charge in [-0.2, -0.15) is 0 Å². The number of rotatable bonds is 2. The zero-order valence-corrected chi connectivity index (χ0v) is 13.4. The number of aromatic nitrogens is 2. The maximum Gasteiger partial charge on any atom is 0.231 e. The standard InChI is InChI=1S/C17H18N4O3/c1-24-12-2-3-15-13(6-12)14(7-16(22)19-15)17(23)20-4-5-21-10-18-8-11(21)9-20/h2-3,6,8,10,14H,4-5,7,9H2,1H3,(H,19,22). The number of carbonyl (C=O) groups is 2. The Bertz CT molecular complexity index is 814. The molecular formula is C17H18N4O3. The third kappa shape index (κ3) is 2.42. The van der Waals surface area contributed by atoms with Gasteiger partial charge in [0, 0.05) is 31.4 Å². The number of hydrogen-bond acceptors (Lipinski definition) is 4. The predicted molar refractivity (Wildman–Crippen MR) is 86.6 cm³/mol. The van der Waals surface area contributed by atoms with E-state index in [4.69, 9.17) is 4.74 Å². The lowest BCUT2D eigenvalue weighted by Gasteiger charge is -2.33. The van der Waals surface area contributed by atoms with Crippen molar-refractivity contribution in [1.29, 1.82) is 0 Å². The second-order valence-electron chi connectivity index (χ2n) is 6.10. The summed E-state index contributed by atoms with van der Waals surface area (Å²) in [6.07, 6.45) is 3.73. The molecule has 4 rings (SSSR count). The number of carbonyl (C=O) groups excluding carboxylic acids is 2. The summed E-state index contributed by atoms with van der Waals surface area (Å²) in [7, 11) is 1.59. The topological polar surface area (TPSA) is 76.5 Å². The number of hydrogen-bond donors (Lipinski definition) is 1. The molecule has 0 radical (unpaired) electrons. The third-order valence-corrected chi connectivity index (χ3v) is 4.67. The highest BCUT2D eigenvalue weighted by molar-refractivity contribution is 6.01. The molecule has 24 heavy (non-hydrogen) atoms. The van der Waals surface area contributed by atoms with Crippen LogP contribution in [-0.2, 0) is 22.7 Å². The molecule has 7 heteroatoms. The van der Waals surface area contributed by atoms with Gasteiger partial charge in [0.1, 0.15) is 5.75 Å². The third-order valence-electron chi connectivity index (χ3n) is 4.67. The van der Waals surface area contributed by atoms with E-state index in [0.29, 0.717) is 24.5 Å². The van der Waals surface area contributed by atoms with Crippen LogP contribution in [0.4, 0.5) is 5.69 Å². The number of nitrogens with one attached hydrogen (secondary N) is 1. The Morgan fingerprint density at radius 2 is 2.25 bits per heavy atom. The van der Waals surface area contributed by atoms with Crippen molar-refractivity contribution in [2.24, 2.45) is 0 Å². The van der Waals surface area contributed by atoms with Crippen LogP contribution in [0, 0.1) is 0 Å². The van der Waals surface area contributed by atoms with Crippen LogP contribution in [0.5, 0.6) is 5.75 Å². The SMILES string of the molecule is COc1ccc2c(c1)C(C(=O)N1CCn3cncc3C1)CC(=O)N2. The highest BCUT2D eigenvalue weighted by atomic mass is 16.5. The Morgan fingerprint density at radius 1 is 1.38 bits per heavy atom. The molecule has 2 aliphatic heterocycles. The van der Waals surface area contributed by atoms with E-state index in [2.05, 4.69) is 10.3 Å². The van der Waals surface area contributed by atoms with Crippen molar-refractivity contribution in [2.75, 3.05) is 19.0 Å². The average Bonchev–Trinajstić information content (AvgIpc) is 3.07. The minimum Gasteiger partial charge on any atom is -0.497 e. The van der Waals surface area contributed by atoms with E-state index < -0.39 is 5.92 Å². The molecule has 7 nitrogen and oxygen atoms in total. The van der Waals surface area contributed by atoms with Crippen molar-refractivity contribution in [3.63, 3.8) is 0 Å². The Balaban J connectivity index is 1.64. The van der Waals surface area contributed by atoms with Crippen LogP contribution in [0.15, 0.2) is 30.7 Å². The lowest BCUT2D eigenvalue weighted by molar-refractivity contribution is -0.136. The van der Waals surface area contributed by atoms with E-state index in [1.165, 1.54) is 0 Å². The maximum atomic E-state index is 13.1. The van der Waals surface area contributed by atoms with Gasteiger partial charge < -0.3 is 19.5 Å². The molecule has 0 saturated heterocycles. The monoisotopic (exact) mass is 326 g/mol. The van der Waals surface area contributed by atoms with Crippen LogP contribution in [0.3, 0.4) is 0 Å². The number of ether oxygens (including phenoxy) is 1. The Morgan fingerprint density at radius 3 is 3.08 bits per heavy atom. The van der Waals surface area contributed by atoms with Gasteiger partial charge in [-0.05, 0) is 23.8 Å². The van der Waals surface area contributed by atoms with Gasteiger partial charge in [0.05, 0.1) is 31.6 Å². The molecule has 3 heterocycles. The molecule has 0 spiro atoms. The second kappa shape index (κ2) is 5.67. The Kier molecular flexibility index (Phi) is 3.48. The number of amides is 2. The van der Waals surface area contributed by atoms with Gasteiger partial charge in [0.25, 0.3) is 0 Å². The van der Waals surface area contributed by atoms with Crippen LogP contribution in [-0.4, -0.2) is 39.9 Å². The first kappa shape index (κ1) is 14.7. The fourth-order valence-corrected chi connectivity index (χ4v) is 3.38. The van der Waals surface area contributed by atoms with E-state index >= 15 is 0 Å². The van der Waals surface area contributed by atoms with Crippen molar-refractivity contribution in [1.82, 2.24) is 14.5 Å². The quantitative estimate of drug-likeness (QED) is 0.904. The molecular weight excluding hydrogens is 308 g/mol. The van der Waals surface area contributed by atoms with Crippen molar-refractivity contribution in [2.45, 2.75) is 25.4 Å². The number of fused-ring (bicyclic) bond motifs is 2. The summed E-state index contributed by atoms with van der Waals surface area (Å²) in [6.45, 7) is 1.88. The van der Waals surface area contributed by atoms with Crippen molar-refractivity contribution >= 4 is 17.5 Å². The first-order chi connectivity index (χ1) is 11.7.